The number of thioether (sulfide) groups is 1. The van der Waals surface area contributed by atoms with E-state index in [0.29, 0.717) is 18.7 Å². The van der Waals surface area contributed by atoms with Crippen LogP contribution in [0.2, 0.25) is 0 Å². The van der Waals surface area contributed by atoms with Gasteiger partial charge in [0, 0.05) is 19.3 Å². The molecule has 156 valence electrons. The van der Waals surface area contributed by atoms with Crippen LogP contribution in [0.4, 0.5) is 0 Å². The first-order chi connectivity index (χ1) is 14.0. The molecule has 0 spiro atoms. The zero-order chi connectivity index (χ0) is 21.2. The van der Waals surface area contributed by atoms with E-state index in [9.17, 15) is 9.59 Å². The summed E-state index contributed by atoms with van der Waals surface area (Å²) in [5, 5.41) is 2.69. The Labute approximate surface area is 177 Å². The van der Waals surface area contributed by atoms with Crippen molar-refractivity contribution in [3.05, 3.63) is 65.2 Å². The molecule has 6 heteroatoms. The van der Waals surface area contributed by atoms with E-state index in [2.05, 4.69) is 5.32 Å². The smallest absolute Gasteiger partial charge is 0.242 e. The highest BCUT2D eigenvalue weighted by Crippen LogP contribution is 2.20. The molecule has 1 atom stereocenters. The lowest BCUT2D eigenvalue weighted by Gasteiger charge is -2.30. The molecule has 0 aliphatic rings. The van der Waals surface area contributed by atoms with Crippen LogP contribution in [0.3, 0.4) is 0 Å². The highest BCUT2D eigenvalue weighted by atomic mass is 32.2. The molecular weight excluding hydrogens is 384 g/mol. The van der Waals surface area contributed by atoms with Gasteiger partial charge < -0.3 is 15.0 Å². The Hall–Kier alpha value is -2.47. The first-order valence-corrected chi connectivity index (χ1v) is 10.9. The van der Waals surface area contributed by atoms with Crippen molar-refractivity contribution in [1.82, 2.24) is 10.2 Å². The number of rotatable bonds is 10. The molecule has 0 saturated carbocycles. The number of nitrogens with one attached hydrogen (secondary N) is 1. The standard InChI is InChI=1S/C23H30N2O3S/c1-5-21(23(27)24-3)25(14-19-9-7-6-8-17(19)2)22(26)16-29-15-18-10-12-20(28-4)13-11-18/h6-13,21H,5,14-16H2,1-4H3,(H,24,27). The van der Waals surface area contributed by atoms with Gasteiger partial charge in [-0.25, -0.2) is 0 Å². The number of aryl methyl sites for hydroxylation is 1. The van der Waals surface area contributed by atoms with Gasteiger partial charge >= 0.3 is 0 Å². The van der Waals surface area contributed by atoms with E-state index >= 15 is 0 Å². The van der Waals surface area contributed by atoms with Gasteiger partial charge in [0.25, 0.3) is 0 Å². The molecule has 0 bridgehead atoms. The van der Waals surface area contributed by atoms with Crippen molar-refractivity contribution in [2.75, 3.05) is 19.9 Å². The monoisotopic (exact) mass is 414 g/mol. The Morgan fingerprint density at radius 2 is 1.83 bits per heavy atom. The number of likely N-dealkylation sites (N-methyl/N-ethyl adjacent to an activating group) is 1. The predicted molar refractivity (Wildman–Crippen MR) is 119 cm³/mol. The third-order valence-electron chi connectivity index (χ3n) is 4.89. The van der Waals surface area contributed by atoms with E-state index in [1.165, 1.54) is 0 Å². The van der Waals surface area contributed by atoms with Gasteiger partial charge in [-0.2, -0.15) is 0 Å². The van der Waals surface area contributed by atoms with Crippen molar-refractivity contribution in [1.29, 1.82) is 0 Å². The van der Waals surface area contributed by atoms with Gasteiger partial charge in [0.1, 0.15) is 11.8 Å². The molecule has 0 fully saturated rings. The average Bonchev–Trinajstić information content (AvgIpc) is 2.75. The second kappa shape index (κ2) is 11.5. The van der Waals surface area contributed by atoms with Crippen molar-refractivity contribution in [2.24, 2.45) is 0 Å². The summed E-state index contributed by atoms with van der Waals surface area (Å²) in [6.45, 7) is 4.39. The number of hydrogen-bond donors (Lipinski definition) is 1. The number of benzene rings is 2. The van der Waals surface area contributed by atoms with Crippen molar-refractivity contribution in [2.45, 2.75) is 38.6 Å². The molecule has 1 unspecified atom stereocenters. The summed E-state index contributed by atoms with van der Waals surface area (Å²) in [4.78, 5) is 27.2. The van der Waals surface area contributed by atoms with Crippen LogP contribution in [-0.2, 0) is 21.9 Å². The molecule has 2 rings (SSSR count). The summed E-state index contributed by atoms with van der Waals surface area (Å²) < 4.78 is 5.18. The van der Waals surface area contributed by atoms with Crippen LogP contribution in [0.25, 0.3) is 0 Å². The van der Waals surface area contributed by atoms with Gasteiger partial charge in [0.15, 0.2) is 0 Å². The maximum atomic E-state index is 13.1. The summed E-state index contributed by atoms with van der Waals surface area (Å²) in [6, 6.07) is 15.3. The molecular formula is C23H30N2O3S. The quantitative estimate of drug-likeness (QED) is 0.643. The number of carbonyl (C=O) groups excluding carboxylic acids is 2. The molecule has 0 saturated heterocycles. The SMILES string of the molecule is CCC(C(=O)NC)N(Cc1ccccc1C)C(=O)CSCc1ccc(OC)cc1. The lowest BCUT2D eigenvalue weighted by Crippen LogP contribution is -2.48. The molecule has 2 aromatic carbocycles. The third kappa shape index (κ3) is 6.53. The molecule has 0 radical (unpaired) electrons. The zero-order valence-corrected chi connectivity index (χ0v) is 18.4. The Morgan fingerprint density at radius 1 is 1.14 bits per heavy atom. The fraction of sp³-hybridized carbons (Fsp3) is 0.391. The van der Waals surface area contributed by atoms with Gasteiger partial charge in [0.2, 0.25) is 11.8 Å². The summed E-state index contributed by atoms with van der Waals surface area (Å²) in [7, 11) is 3.25. The zero-order valence-electron chi connectivity index (χ0n) is 17.6. The Balaban J connectivity index is 2.08. The van der Waals surface area contributed by atoms with E-state index in [1.54, 1.807) is 30.8 Å². The van der Waals surface area contributed by atoms with Crippen LogP contribution in [0.15, 0.2) is 48.5 Å². The molecule has 1 N–H and O–H groups in total. The van der Waals surface area contributed by atoms with Crippen LogP contribution >= 0.6 is 11.8 Å². The number of amides is 2. The molecule has 0 heterocycles. The van der Waals surface area contributed by atoms with E-state index in [-0.39, 0.29) is 11.8 Å². The minimum atomic E-state index is -0.478. The Kier molecular flexibility index (Phi) is 9.06. The second-order valence-corrected chi connectivity index (χ2v) is 7.81. The van der Waals surface area contributed by atoms with Crippen molar-refractivity contribution in [3.8, 4) is 5.75 Å². The van der Waals surface area contributed by atoms with E-state index in [0.717, 1.165) is 28.2 Å². The number of hydrogen-bond acceptors (Lipinski definition) is 4. The number of methoxy groups -OCH3 is 1. The topological polar surface area (TPSA) is 58.6 Å². The average molecular weight is 415 g/mol. The number of nitrogens with zero attached hydrogens (tertiary/aromatic N) is 1. The molecule has 0 aliphatic heterocycles. The summed E-state index contributed by atoms with van der Waals surface area (Å²) >= 11 is 1.55. The first-order valence-electron chi connectivity index (χ1n) is 9.76. The van der Waals surface area contributed by atoms with Gasteiger partial charge in [-0.1, -0.05) is 43.3 Å². The van der Waals surface area contributed by atoms with Crippen molar-refractivity contribution >= 4 is 23.6 Å². The summed E-state index contributed by atoms with van der Waals surface area (Å²) in [6.07, 6.45) is 0.570. The lowest BCUT2D eigenvalue weighted by atomic mass is 10.1. The summed E-state index contributed by atoms with van der Waals surface area (Å²) in [5.41, 5.74) is 3.30. The van der Waals surface area contributed by atoms with E-state index in [4.69, 9.17) is 4.74 Å². The molecule has 2 aromatic rings. The number of carbonyl (C=O) groups is 2. The predicted octanol–water partition coefficient (Wildman–Crippen LogP) is 3.79. The van der Waals surface area contributed by atoms with Gasteiger partial charge in [-0.3, -0.25) is 9.59 Å². The minimum absolute atomic E-state index is 0.0257. The Bertz CT molecular complexity index is 808. The van der Waals surface area contributed by atoms with Crippen LogP contribution in [-0.4, -0.2) is 42.7 Å². The first kappa shape index (κ1) is 22.8. The third-order valence-corrected chi connectivity index (χ3v) is 5.88. The normalized spacial score (nSPS) is 11.6. The van der Waals surface area contributed by atoms with Crippen molar-refractivity contribution < 1.29 is 14.3 Å². The fourth-order valence-corrected chi connectivity index (χ4v) is 3.99. The van der Waals surface area contributed by atoms with Gasteiger partial charge in [0.05, 0.1) is 12.9 Å². The highest BCUT2D eigenvalue weighted by Gasteiger charge is 2.28. The van der Waals surface area contributed by atoms with E-state index in [1.807, 2.05) is 62.4 Å². The Morgan fingerprint density at radius 3 is 2.41 bits per heavy atom. The minimum Gasteiger partial charge on any atom is -0.497 e. The largest absolute Gasteiger partial charge is 0.497 e. The summed E-state index contributed by atoms with van der Waals surface area (Å²) in [5.74, 6) is 1.71. The van der Waals surface area contributed by atoms with Crippen LogP contribution in [0, 0.1) is 6.92 Å². The molecule has 5 nitrogen and oxygen atoms in total. The van der Waals surface area contributed by atoms with Crippen LogP contribution in [0.1, 0.15) is 30.0 Å². The second-order valence-electron chi connectivity index (χ2n) is 6.83. The van der Waals surface area contributed by atoms with Gasteiger partial charge in [-0.05, 0) is 42.2 Å². The van der Waals surface area contributed by atoms with Crippen molar-refractivity contribution in [3.63, 3.8) is 0 Å². The molecule has 2 amide bonds. The highest BCUT2D eigenvalue weighted by molar-refractivity contribution is 7.99. The number of ether oxygens (including phenoxy) is 1. The van der Waals surface area contributed by atoms with Gasteiger partial charge in [-0.15, -0.1) is 11.8 Å². The maximum Gasteiger partial charge on any atom is 0.242 e. The fourth-order valence-electron chi connectivity index (χ4n) is 3.12. The molecule has 0 aromatic heterocycles. The lowest BCUT2D eigenvalue weighted by molar-refractivity contribution is -0.139. The molecule has 0 aliphatic carbocycles. The molecule has 29 heavy (non-hydrogen) atoms. The van der Waals surface area contributed by atoms with Crippen LogP contribution in [0.5, 0.6) is 5.75 Å². The maximum absolute atomic E-state index is 13.1. The van der Waals surface area contributed by atoms with E-state index < -0.39 is 6.04 Å². The van der Waals surface area contributed by atoms with Crippen LogP contribution < -0.4 is 10.1 Å².